The van der Waals surface area contributed by atoms with Crippen molar-refractivity contribution in [1.82, 2.24) is 0 Å². The van der Waals surface area contributed by atoms with Crippen LogP contribution in [0.15, 0.2) is 53.4 Å². The zero-order chi connectivity index (χ0) is 19.7. The molecule has 1 aliphatic rings. The van der Waals surface area contributed by atoms with E-state index in [1.165, 1.54) is 48.5 Å². The molecule has 0 saturated heterocycles. The zero-order valence-corrected chi connectivity index (χ0v) is 16.1. The number of hydrogen-bond donors (Lipinski definition) is 1. The molecule has 142 valence electrons. The van der Waals surface area contributed by atoms with Gasteiger partial charge in [-0.15, -0.1) is 0 Å². The first kappa shape index (κ1) is 19.4. The number of hydrogen-bond acceptors (Lipinski definition) is 5. The van der Waals surface area contributed by atoms with Gasteiger partial charge >= 0.3 is 5.97 Å². The summed E-state index contributed by atoms with van der Waals surface area (Å²) in [5.41, 5.74) is 0.760. The lowest BCUT2D eigenvalue weighted by Crippen LogP contribution is -2.37. The Morgan fingerprint density at radius 2 is 1.67 bits per heavy atom. The third kappa shape index (κ3) is 3.70. The number of nitrogens with one attached hydrogen (secondary N) is 1. The largest absolute Gasteiger partial charge is 0.462 e. The molecule has 0 radical (unpaired) electrons. The van der Waals surface area contributed by atoms with Crippen molar-refractivity contribution in [2.45, 2.75) is 29.4 Å². The first-order chi connectivity index (χ1) is 12.8. The van der Waals surface area contributed by atoms with Crippen molar-refractivity contribution < 1.29 is 22.7 Å². The number of sulfone groups is 1. The highest BCUT2D eigenvalue weighted by Gasteiger charge is 2.61. The average molecular weight is 408 g/mol. The molecule has 0 aliphatic heterocycles. The third-order valence-electron chi connectivity index (χ3n) is 4.41. The van der Waals surface area contributed by atoms with Crippen LogP contribution >= 0.6 is 11.6 Å². The van der Waals surface area contributed by atoms with E-state index in [2.05, 4.69) is 5.32 Å². The van der Waals surface area contributed by atoms with Gasteiger partial charge in [-0.05, 0) is 68.3 Å². The number of rotatable bonds is 6. The summed E-state index contributed by atoms with van der Waals surface area (Å²) in [5.74, 6) is -1.04. The van der Waals surface area contributed by atoms with E-state index in [9.17, 15) is 18.0 Å². The van der Waals surface area contributed by atoms with E-state index in [1.54, 1.807) is 6.92 Å². The van der Waals surface area contributed by atoms with Crippen LogP contribution in [0.3, 0.4) is 0 Å². The van der Waals surface area contributed by atoms with Crippen LogP contribution in [0.1, 0.15) is 30.1 Å². The molecular formula is C19H18ClNO5S. The van der Waals surface area contributed by atoms with Gasteiger partial charge in [-0.25, -0.2) is 13.2 Å². The Balaban J connectivity index is 1.77. The minimum Gasteiger partial charge on any atom is -0.462 e. The van der Waals surface area contributed by atoms with Crippen molar-refractivity contribution in [2.75, 3.05) is 11.9 Å². The highest BCUT2D eigenvalue weighted by atomic mass is 35.5. The van der Waals surface area contributed by atoms with Gasteiger partial charge in [-0.2, -0.15) is 0 Å². The lowest BCUT2D eigenvalue weighted by atomic mass is 10.2. The Labute approximate surface area is 162 Å². The SMILES string of the molecule is CCOC(=O)c1ccc(NC(=O)C2(S(=O)(=O)c3ccc(Cl)cc3)CC2)cc1. The summed E-state index contributed by atoms with van der Waals surface area (Å²) < 4.78 is 29.2. The molecule has 0 bridgehead atoms. The summed E-state index contributed by atoms with van der Waals surface area (Å²) in [6, 6.07) is 11.9. The molecule has 0 atom stereocenters. The number of carbonyl (C=O) groups excluding carboxylic acids is 2. The van der Waals surface area contributed by atoms with Crippen LogP contribution in [0.4, 0.5) is 5.69 Å². The van der Waals surface area contributed by atoms with Crippen molar-refractivity contribution in [3.05, 3.63) is 59.1 Å². The number of esters is 1. The molecule has 1 saturated carbocycles. The lowest BCUT2D eigenvalue weighted by Gasteiger charge is -2.16. The van der Waals surface area contributed by atoms with E-state index in [0.717, 1.165) is 0 Å². The van der Waals surface area contributed by atoms with Crippen LogP contribution in [-0.4, -0.2) is 31.6 Å². The fourth-order valence-electron chi connectivity index (χ4n) is 2.72. The molecule has 0 aromatic heterocycles. The van der Waals surface area contributed by atoms with Gasteiger partial charge in [-0.1, -0.05) is 11.6 Å². The first-order valence-electron chi connectivity index (χ1n) is 8.39. The van der Waals surface area contributed by atoms with Gasteiger partial charge in [-0.3, -0.25) is 4.79 Å². The number of benzene rings is 2. The summed E-state index contributed by atoms with van der Waals surface area (Å²) in [6.45, 7) is 1.98. The monoisotopic (exact) mass is 407 g/mol. The van der Waals surface area contributed by atoms with E-state index in [1.807, 2.05) is 0 Å². The molecule has 1 aliphatic carbocycles. The Morgan fingerprint density at radius 3 is 2.19 bits per heavy atom. The maximum atomic E-state index is 12.9. The van der Waals surface area contributed by atoms with Gasteiger partial charge in [0.2, 0.25) is 5.91 Å². The number of halogens is 1. The standard InChI is InChI=1S/C19H18ClNO5S/c1-2-26-17(22)13-3-7-15(8-4-13)21-18(23)19(11-12-19)27(24,25)16-9-5-14(20)6-10-16/h3-10H,2,11-12H2,1H3,(H,21,23). The van der Waals surface area contributed by atoms with Gasteiger partial charge in [0.15, 0.2) is 14.6 Å². The maximum absolute atomic E-state index is 12.9. The number of carbonyl (C=O) groups is 2. The van der Waals surface area contributed by atoms with Crippen LogP contribution in [0, 0.1) is 0 Å². The minimum atomic E-state index is -3.84. The zero-order valence-electron chi connectivity index (χ0n) is 14.6. The predicted octanol–water partition coefficient (Wildman–Crippen LogP) is 3.46. The van der Waals surface area contributed by atoms with E-state index in [-0.39, 0.29) is 24.3 Å². The molecular weight excluding hydrogens is 390 g/mol. The minimum absolute atomic E-state index is 0.0669. The average Bonchev–Trinajstić information content (AvgIpc) is 3.45. The van der Waals surface area contributed by atoms with Crippen LogP contribution in [0.25, 0.3) is 0 Å². The van der Waals surface area contributed by atoms with Gasteiger partial charge in [0.1, 0.15) is 0 Å². The highest BCUT2D eigenvalue weighted by molar-refractivity contribution is 7.94. The Kier molecular flexibility index (Phi) is 5.26. The summed E-state index contributed by atoms with van der Waals surface area (Å²) in [6.07, 6.45) is 0.509. The lowest BCUT2D eigenvalue weighted by molar-refractivity contribution is -0.116. The van der Waals surface area contributed by atoms with Crippen LogP contribution < -0.4 is 5.32 Å². The van der Waals surface area contributed by atoms with E-state index in [0.29, 0.717) is 16.3 Å². The van der Waals surface area contributed by atoms with Gasteiger partial charge in [0, 0.05) is 10.7 Å². The molecule has 2 aromatic carbocycles. The number of amides is 1. The third-order valence-corrected chi connectivity index (χ3v) is 7.18. The number of anilines is 1. The normalized spacial score (nSPS) is 15.0. The van der Waals surface area contributed by atoms with E-state index < -0.39 is 26.5 Å². The summed E-state index contributed by atoms with van der Waals surface area (Å²) in [5, 5.41) is 3.06. The van der Waals surface area contributed by atoms with Gasteiger partial charge in [0.25, 0.3) is 0 Å². The van der Waals surface area contributed by atoms with E-state index >= 15 is 0 Å². The summed E-state index contributed by atoms with van der Waals surface area (Å²) >= 11 is 5.81. The molecule has 8 heteroatoms. The second-order valence-corrected chi connectivity index (χ2v) is 8.90. The first-order valence-corrected chi connectivity index (χ1v) is 10.2. The maximum Gasteiger partial charge on any atom is 0.338 e. The summed E-state index contributed by atoms with van der Waals surface area (Å²) in [7, 11) is -3.84. The van der Waals surface area contributed by atoms with Gasteiger partial charge in [0.05, 0.1) is 17.1 Å². The van der Waals surface area contributed by atoms with Crippen molar-refractivity contribution in [3.63, 3.8) is 0 Å². The Morgan fingerprint density at radius 1 is 1.07 bits per heavy atom. The fraction of sp³-hybridized carbons (Fsp3) is 0.263. The predicted molar refractivity (Wildman–Crippen MR) is 102 cm³/mol. The van der Waals surface area contributed by atoms with Crippen LogP contribution in [0.2, 0.25) is 5.02 Å². The summed E-state index contributed by atoms with van der Waals surface area (Å²) in [4.78, 5) is 24.4. The quantitative estimate of drug-likeness (QED) is 0.740. The Bertz CT molecular complexity index is 964. The van der Waals surface area contributed by atoms with Crippen molar-refractivity contribution in [3.8, 4) is 0 Å². The molecule has 0 heterocycles. The molecule has 6 nitrogen and oxygen atoms in total. The Hall–Kier alpha value is -2.38. The molecule has 0 spiro atoms. The van der Waals surface area contributed by atoms with Crippen LogP contribution in [0.5, 0.6) is 0 Å². The second-order valence-electron chi connectivity index (χ2n) is 6.20. The van der Waals surface area contributed by atoms with Crippen molar-refractivity contribution >= 4 is 39.0 Å². The van der Waals surface area contributed by atoms with Gasteiger partial charge < -0.3 is 10.1 Å². The van der Waals surface area contributed by atoms with E-state index in [4.69, 9.17) is 16.3 Å². The van der Waals surface area contributed by atoms with Crippen molar-refractivity contribution in [1.29, 1.82) is 0 Å². The molecule has 1 fully saturated rings. The second kappa shape index (κ2) is 7.32. The number of ether oxygens (including phenoxy) is 1. The van der Waals surface area contributed by atoms with Crippen molar-refractivity contribution in [2.24, 2.45) is 0 Å². The molecule has 0 unspecified atom stereocenters. The van der Waals surface area contributed by atoms with Crippen LogP contribution in [-0.2, 0) is 19.4 Å². The topological polar surface area (TPSA) is 89.5 Å². The smallest absolute Gasteiger partial charge is 0.338 e. The molecule has 1 N–H and O–H groups in total. The highest BCUT2D eigenvalue weighted by Crippen LogP contribution is 2.47. The fourth-order valence-corrected chi connectivity index (χ4v) is 4.73. The molecule has 3 rings (SSSR count). The molecule has 27 heavy (non-hydrogen) atoms. The molecule has 1 amide bonds. The molecule has 2 aromatic rings.